The minimum atomic E-state index is -5.27. The van der Waals surface area contributed by atoms with Crippen molar-refractivity contribution in [3.8, 4) is 0 Å². The molecule has 0 saturated carbocycles. The number of amides is 1. The van der Waals surface area contributed by atoms with Crippen LogP contribution in [0.2, 0.25) is 10.0 Å². The van der Waals surface area contributed by atoms with Gasteiger partial charge >= 0.3 is 6.18 Å². The van der Waals surface area contributed by atoms with E-state index < -0.39 is 61.5 Å². The van der Waals surface area contributed by atoms with Gasteiger partial charge in [-0.15, -0.1) is 0 Å². The first-order valence-corrected chi connectivity index (χ1v) is 9.71. The van der Waals surface area contributed by atoms with E-state index >= 15 is 0 Å². The van der Waals surface area contributed by atoms with Gasteiger partial charge in [0.1, 0.15) is 4.90 Å². The molecule has 0 radical (unpaired) electrons. The van der Waals surface area contributed by atoms with E-state index in [0.29, 0.717) is 0 Å². The summed E-state index contributed by atoms with van der Waals surface area (Å²) in [7, 11) is -4.32. The van der Waals surface area contributed by atoms with Crippen LogP contribution < -0.4 is 5.32 Å². The molecule has 14 heteroatoms. The Hall–Kier alpha value is -1.15. The zero-order chi connectivity index (χ0) is 21.9. The summed E-state index contributed by atoms with van der Waals surface area (Å²) >= 11 is 11.8. The van der Waals surface area contributed by atoms with Crippen LogP contribution in [0.1, 0.15) is 6.92 Å². The first-order chi connectivity index (χ1) is 12.7. The highest BCUT2D eigenvalue weighted by Crippen LogP contribution is 2.38. The van der Waals surface area contributed by atoms with Crippen LogP contribution >= 0.6 is 23.2 Å². The molecule has 0 aliphatic rings. The summed E-state index contributed by atoms with van der Waals surface area (Å²) in [5, 5.41) is 27.9. The van der Waals surface area contributed by atoms with E-state index in [1.54, 1.807) is 5.32 Å². The molecular weight excluding hydrogens is 452 g/mol. The van der Waals surface area contributed by atoms with Crippen LogP contribution in [0.5, 0.6) is 0 Å². The zero-order valence-corrected chi connectivity index (χ0v) is 16.6. The van der Waals surface area contributed by atoms with Crippen molar-refractivity contribution in [1.29, 1.82) is 0 Å². The molecule has 1 aromatic rings. The van der Waals surface area contributed by atoms with Crippen molar-refractivity contribution < 1.29 is 41.7 Å². The molecule has 1 rings (SSSR count). The van der Waals surface area contributed by atoms with Crippen LogP contribution in [0.25, 0.3) is 0 Å². The second-order valence-electron chi connectivity index (χ2n) is 5.61. The van der Waals surface area contributed by atoms with Gasteiger partial charge in [0.2, 0.25) is 15.6 Å². The predicted molar refractivity (Wildman–Crippen MR) is 94.7 cm³/mol. The van der Waals surface area contributed by atoms with Crippen molar-refractivity contribution in [3.63, 3.8) is 0 Å². The zero-order valence-electron chi connectivity index (χ0n) is 14.3. The van der Waals surface area contributed by atoms with Crippen molar-refractivity contribution in [2.75, 3.05) is 31.6 Å². The molecule has 0 fully saturated rings. The average molecular weight is 469 g/mol. The summed E-state index contributed by atoms with van der Waals surface area (Å²) in [6.45, 7) is -1.58. The molecule has 0 bridgehead atoms. The van der Waals surface area contributed by atoms with Crippen molar-refractivity contribution in [1.82, 2.24) is 4.31 Å². The lowest BCUT2D eigenvalue weighted by molar-refractivity contribution is -0.242. The third-order valence-corrected chi connectivity index (χ3v) is 6.54. The van der Waals surface area contributed by atoms with Gasteiger partial charge in [-0.05, 0) is 19.1 Å². The first-order valence-electron chi connectivity index (χ1n) is 7.52. The lowest BCUT2D eigenvalue weighted by atomic mass is 10.1. The molecule has 0 aliphatic heterocycles. The van der Waals surface area contributed by atoms with Crippen molar-refractivity contribution in [2.24, 2.45) is 0 Å². The number of hydrogen-bond acceptors (Lipinski definition) is 6. The third kappa shape index (κ3) is 5.06. The van der Waals surface area contributed by atoms with Gasteiger partial charge in [-0.25, -0.2) is 8.42 Å². The van der Waals surface area contributed by atoms with Gasteiger partial charge in [-0.1, -0.05) is 23.2 Å². The van der Waals surface area contributed by atoms with E-state index in [2.05, 4.69) is 0 Å². The topological polar surface area (TPSA) is 127 Å². The van der Waals surface area contributed by atoms with Gasteiger partial charge in [0.15, 0.2) is 0 Å². The molecule has 8 nitrogen and oxygen atoms in total. The van der Waals surface area contributed by atoms with E-state index in [1.165, 1.54) is 0 Å². The number of rotatable bonds is 8. The number of carbonyl (C=O) groups excluding carboxylic acids is 1. The summed E-state index contributed by atoms with van der Waals surface area (Å²) in [5.74, 6) is -1.85. The molecule has 1 unspecified atom stereocenters. The number of nitrogens with zero attached hydrogens (tertiary/aromatic N) is 1. The second kappa shape index (κ2) is 9.11. The van der Waals surface area contributed by atoms with Gasteiger partial charge in [0.25, 0.3) is 5.91 Å². The Kier molecular flexibility index (Phi) is 8.10. The van der Waals surface area contributed by atoms with Crippen LogP contribution in [0.3, 0.4) is 0 Å². The van der Waals surface area contributed by atoms with Crippen molar-refractivity contribution in [2.45, 2.75) is 23.6 Å². The summed E-state index contributed by atoms with van der Waals surface area (Å²) < 4.78 is 64.1. The van der Waals surface area contributed by atoms with Crippen LogP contribution in [-0.4, -0.2) is 72.0 Å². The Balaban J connectivity index is 3.30. The summed E-state index contributed by atoms with van der Waals surface area (Å²) in [6, 6.07) is 1.77. The number of sulfonamides is 1. The maximum Gasteiger partial charge on any atom is 0.426 e. The number of aliphatic hydroxyl groups excluding tert-OH is 2. The average Bonchev–Trinajstić information content (AvgIpc) is 2.57. The smallest absolute Gasteiger partial charge is 0.395 e. The lowest BCUT2D eigenvalue weighted by Gasteiger charge is -2.25. The highest BCUT2D eigenvalue weighted by atomic mass is 35.5. The minimum absolute atomic E-state index is 0.234. The number of benzene rings is 1. The van der Waals surface area contributed by atoms with E-state index in [1.807, 2.05) is 0 Å². The first kappa shape index (κ1) is 24.9. The maximum absolute atomic E-state index is 12.7. The molecule has 0 saturated heterocycles. The van der Waals surface area contributed by atoms with Gasteiger partial charge in [-0.2, -0.15) is 17.5 Å². The fourth-order valence-electron chi connectivity index (χ4n) is 1.91. The predicted octanol–water partition coefficient (Wildman–Crippen LogP) is 1.22. The Bertz CT molecular complexity index is 827. The van der Waals surface area contributed by atoms with Gasteiger partial charge in [0.05, 0.1) is 28.9 Å². The molecule has 0 spiro atoms. The molecule has 0 aliphatic carbocycles. The normalized spacial score (nSPS) is 14.8. The molecule has 1 atom stereocenters. The maximum atomic E-state index is 12.7. The largest absolute Gasteiger partial charge is 0.426 e. The molecule has 0 heterocycles. The fourth-order valence-corrected chi connectivity index (χ4v) is 4.13. The monoisotopic (exact) mass is 468 g/mol. The summed E-state index contributed by atoms with van der Waals surface area (Å²) in [5.41, 5.74) is -4.19. The Morgan fingerprint density at radius 3 is 2.07 bits per heavy atom. The molecule has 4 N–H and O–H groups in total. The quantitative estimate of drug-likeness (QED) is 0.454. The standard InChI is InChI=1S/C14H17Cl2F3N2O6S/c1-13(25,14(17,18)19)12(24)20-8-2-3-9(11(16)10(8)15)28(26,27)21(4-6-22)5-7-23/h2-3,22-23,25H,4-7H2,1H3,(H,20,24). The highest BCUT2D eigenvalue weighted by Gasteiger charge is 2.55. The highest BCUT2D eigenvalue weighted by molar-refractivity contribution is 7.89. The van der Waals surface area contributed by atoms with Crippen molar-refractivity contribution >= 4 is 44.8 Å². The molecule has 0 aromatic heterocycles. The number of halogens is 5. The lowest BCUT2D eigenvalue weighted by Crippen LogP contribution is -2.52. The number of aliphatic hydroxyl groups is 3. The molecule has 28 heavy (non-hydrogen) atoms. The van der Waals surface area contributed by atoms with E-state index in [9.17, 15) is 31.5 Å². The number of nitrogens with one attached hydrogen (secondary N) is 1. The number of carbonyl (C=O) groups is 1. The molecule has 1 aromatic carbocycles. The van der Waals surface area contributed by atoms with Crippen molar-refractivity contribution in [3.05, 3.63) is 22.2 Å². The Morgan fingerprint density at radius 1 is 1.14 bits per heavy atom. The van der Waals surface area contributed by atoms with Crippen LogP contribution in [0.15, 0.2) is 17.0 Å². The molecular formula is C14H17Cl2F3N2O6S. The molecule has 160 valence electrons. The van der Waals surface area contributed by atoms with Crippen LogP contribution in [0, 0.1) is 0 Å². The van der Waals surface area contributed by atoms with Gasteiger partial charge in [0, 0.05) is 13.1 Å². The Morgan fingerprint density at radius 2 is 1.64 bits per heavy atom. The number of hydrogen-bond donors (Lipinski definition) is 4. The Labute approximate surface area is 168 Å². The van der Waals surface area contributed by atoms with Gasteiger partial charge in [-0.3, -0.25) is 4.79 Å². The molecule has 1 amide bonds. The fraction of sp³-hybridized carbons (Fsp3) is 0.500. The third-order valence-electron chi connectivity index (χ3n) is 3.61. The van der Waals surface area contributed by atoms with E-state index in [4.69, 9.17) is 33.4 Å². The van der Waals surface area contributed by atoms with E-state index in [-0.39, 0.29) is 20.0 Å². The number of alkyl halides is 3. The van der Waals surface area contributed by atoms with Gasteiger partial charge < -0.3 is 20.6 Å². The number of anilines is 1. The SMILES string of the molecule is CC(O)(C(=O)Nc1ccc(S(=O)(=O)N(CCO)CCO)c(Cl)c1Cl)C(F)(F)F. The summed E-state index contributed by atoms with van der Waals surface area (Å²) in [6.07, 6.45) is -5.27. The summed E-state index contributed by atoms with van der Waals surface area (Å²) in [4.78, 5) is 11.2. The minimum Gasteiger partial charge on any atom is -0.395 e. The van der Waals surface area contributed by atoms with Crippen LogP contribution in [-0.2, 0) is 14.8 Å². The van der Waals surface area contributed by atoms with E-state index in [0.717, 1.165) is 16.4 Å². The second-order valence-corrected chi connectivity index (χ2v) is 8.28. The van der Waals surface area contributed by atoms with Crippen LogP contribution in [0.4, 0.5) is 18.9 Å².